The summed E-state index contributed by atoms with van der Waals surface area (Å²) < 4.78 is 43.9. The van der Waals surface area contributed by atoms with Crippen molar-refractivity contribution in [2.45, 2.75) is 139 Å². The van der Waals surface area contributed by atoms with Gasteiger partial charge < -0.3 is 32.9 Å². The van der Waals surface area contributed by atoms with Crippen LogP contribution in [0.5, 0.6) is 0 Å². The molecule has 9 atom stereocenters. The monoisotopic (exact) mass is 848 g/mol. The zero-order valence-electron chi connectivity index (χ0n) is 36.4. The summed E-state index contributed by atoms with van der Waals surface area (Å²) in [4.78, 5) is 11.8. The van der Waals surface area contributed by atoms with E-state index < -0.39 is 59.2 Å². The van der Waals surface area contributed by atoms with Gasteiger partial charge in [-0.1, -0.05) is 169 Å². The van der Waals surface area contributed by atoms with Crippen molar-refractivity contribution < 1.29 is 37.7 Å². The second-order valence-electron chi connectivity index (χ2n) is 18.7. The summed E-state index contributed by atoms with van der Waals surface area (Å²) >= 11 is 0. The van der Waals surface area contributed by atoms with Gasteiger partial charge in [0, 0.05) is 20.0 Å². The minimum absolute atomic E-state index is 0.0299. The Morgan fingerprint density at radius 1 is 0.683 bits per heavy atom. The molecule has 4 aromatic carbocycles. The maximum atomic E-state index is 11.8. The number of carboxylic acids is 1. The van der Waals surface area contributed by atoms with Gasteiger partial charge in [-0.2, -0.15) is 0 Å². The summed E-state index contributed by atoms with van der Waals surface area (Å²) in [6, 6.07) is 42.7. The highest BCUT2D eigenvalue weighted by atomic mass is 28.4. The van der Waals surface area contributed by atoms with Crippen LogP contribution in [-0.4, -0.2) is 89.8 Å². The molecular weight excluding hydrogens is 785 g/mol. The number of methoxy groups -OCH3 is 1. The zero-order chi connectivity index (χ0) is 42.7. The fourth-order valence-electron chi connectivity index (χ4n) is 10.2. The van der Waals surface area contributed by atoms with Crippen molar-refractivity contribution in [3.8, 4) is 0 Å². The molecule has 0 aromatic heterocycles. The molecule has 0 aliphatic carbocycles. The molecule has 4 aromatic rings. The average Bonchev–Trinajstić information content (AvgIpc) is 3.58. The van der Waals surface area contributed by atoms with Gasteiger partial charge in [0.2, 0.25) is 0 Å². The van der Waals surface area contributed by atoms with E-state index in [1.165, 1.54) is 10.4 Å². The first kappa shape index (κ1) is 44.3. The van der Waals surface area contributed by atoms with Crippen molar-refractivity contribution in [1.82, 2.24) is 0 Å². The van der Waals surface area contributed by atoms with E-state index in [0.717, 1.165) is 10.4 Å². The average molecular weight is 849 g/mol. The van der Waals surface area contributed by atoms with E-state index in [4.69, 9.17) is 27.8 Å². The number of carbonyl (C=O) groups is 1. The molecule has 3 aliphatic rings. The fourth-order valence-corrected chi connectivity index (χ4v) is 19.6. The maximum Gasteiger partial charge on any atom is 0.303 e. The summed E-state index contributed by atoms with van der Waals surface area (Å²) in [6.45, 7) is 17.9. The van der Waals surface area contributed by atoms with E-state index in [1.54, 1.807) is 7.11 Å². The quantitative estimate of drug-likeness (QED) is 0.0978. The first-order chi connectivity index (χ1) is 28.7. The van der Waals surface area contributed by atoms with Crippen molar-refractivity contribution in [3.63, 3.8) is 0 Å². The van der Waals surface area contributed by atoms with Crippen LogP contribution in [0, 0.1) is 0 Å². The smallest absolute Gasteiger partial charge is 0.303 e. The van der Waals surface area contributed by atoms with E-state index in [2.05, 4.69) is 169 Å². The Labute approximate surface area is 359 Å². The lowest BCUT2D eigenvalue weighted by molar-refractivity contribution is -0.255. The number of benzene rings is 4. The molecule has 3 heterocycles. The first-order valence-corrected chi connectivity index (χ1v) is 25.5. The lowest BCUT2D eigenvalue weighted by Gasteiger charge is -2.53. The number of fused-ring (bicyclic) bond motifs is 2. The van der Waals surface area contributed by atoms with Crippen LogP contribution in [0.2, 0.25) is 10.1 Å². The lowest BCUT2D eigenvalue weighted by Crippen LogP contribution is -2.73. The van der Waals surface area contributed by atoms with Crippen LogP contribution in [0.4, 0.5) is 0 Å². The van der Waals surface area contributed by atoms with Crippen LogP contribution in [0.25, 0.3) is 0 Å². The number of aliphatic carboxylic acids is 1. The predicted octanol–water partition coefficient (Wildman–Crippen LogP) is 7.42. The molecule has 0 amide bonds. The molecule has 60 heavy (non-hydrogen) atoms. The molecule has 1 N–H and O–H groups in total. The Bertz CT molecular complexity index is 1920. The summed E-state index contributed by atoms with van der Waals surface area (Å²) in [5.41, 5.74) is 0. The zero-order valence-corrected chi connectivity index (χ0v) is 38.4. The lowest BCUT2D eigenvalue weighted by atomic mass is 9.87. The predicted molar refractivity (Wildman–Crippen MR) is 243 cm³/mol. The van der Waals surface area contributed by atoms with E-state index in [-0.39, 0.29) is 34.8 Å². The Hall–Kier alpha value is -3.72. The summed E-state index contributed by atoms with van der Waals surface area (Å²) in [6.07, 6.45) is 0.145. The molecule has 1 unspecified atom stereocenters. The van der Waals surface area contributed by atoms with Gasteiger partial charge in [-0.3, -0.25) is 4.79 Å². The molecule has 3 aliphatic heterocycles. The van der Waals surface area contributed by atoms with Gasteiger partial charge in [0.25, 0.3) is 16.6 Å². The Balaban J connectivity index is 1.41. The van der Waals surface area contributed by atoms with E-state index >= 15 is 0 Å². The third-order valence-corrected chi connectivity index (χ3v) is 23.0. The number of carboxylic acid groups (broad SMARTS) is 1. The second kappa shape index (κ2) is 18.3. The normalized spacial score (nSPS) is 26.4. The standard InChI is InChI=1S/C50H64O8Si2/c1-9-35(53-8)34-42-45(57-59(49(2,3)4,37-22-14-10-15-23-37)38-24-16-11-17-25-38)46-47(56-42)48(44-41(55-46)32-30-36(54-44)31-33-43(51)52)58-60(50(5,6)7,39-26-18-12-19-27-39)40-28-20-13-21-29-40/h9-29,35-36,41-42,44-48H,1,30-34H2,2-8H3,(H,51,52)/t35?,36-,41+,42-,44+,45+,46+,47-,48+/m1/s1. The molecule has 0 radical (unpaired) electrons. The molecule has 10 heteroatoms. The maximum absolute atomic E-state index is 11.8. The number of rotatable bonds is 15. The van der Waals surface area contributed by atoms with Crippen LogP contribution < -0.4 is 20.7 Å². The molecule has 7 rings (SSSR count). The van der Waals surface area contributed by atoms with Crippen molar-refractivity contribution >= 4 is 43.4 Å². The van der Waals surface area contributed by atoms with Crippen molar-refractivity contribution in [1.29, 1.82) is 0 Å². The van der Waals surface area contributed by atoms with Crippen LogP contribution in [0.1, 0.15) is 73.6 Å². The summed E-state index contributed by atoms with van der Waals surface area (Å²) in [7, 11) is -4.61. The Kier molecular flexibility index (Phi) is 13.5. The molecule has 8 nitrogen and oxygen atoms in total. The van der Waals surface area contributed by atoms with Gasteiger partial charge in [-0.15, -0.1) is 6.58 Å². The molecule has 320 valence electrons. The molecule has 0 bridgehead atoms. The third-order valence-electron chi connectivity index (χ3n) is 13.0. The highest BCUT2D eigenvalue weighted by molar-refractivity contribution is 7.00. The largest absolute Gasteiger partial charge is 0.481 e. The highest BCUT2D eigenvalue weighted by Crippen LogP contribution is 2.48. The van der Waals surface area contributed by atoms with E-state index in [0.29, 0.717) is 25.7 Å². The van der Waals surface area contributed by atoms with E-state index in [9.17, 15) is 9.90 Å². The summed E-state index contributed by atoms with van der Waals surface area (Å²) in [5.74, 6) is -0.832. The number of hydrogen-bond acceptors (Lipinski definition) is 7. The molecule has 0 spiro atoms. The van der Waals surface area contributed by atoms with Gasteiger partial charge in [0.05, 0.1) is 24.4 Å². The molecular formula is C50H64O8Si2. The number of ether oxygens (including phenoxy) is 4. The number of hydrogen-bond donors (Lipinski definition) is 1. The second-order valence-corrected chi connectivity index (χ2v) is 27.3. The van der Waals surface area contributed by atoms with Crippen LogP contribution in [0.15, 0.2) is 134 Å². The van der Waals surface area contributed by atoms with Crippen molar-refractivity contribution in [3.05, 3.63) is 134 Å². The van der Waals surface area contributed by atoms with Gasteiger partial charge >= 0.3 is 5.97 Å². The molecule has 3 saturated heterocycles. The molecule has 3 fully saturated rings. The highest BCUT2D eigenvalue weighted by Gasteiger charge is 2.64. The van der Waals surface area contributed by atoms with Crippen LogP contribution in [0.3, 0.4) is 0 Å². The third kappa shape index (κ3) is 8.55. The van der Waals surface area contributed by atoms with Gasteiger partial charge in [-0.05, 0) is 50.1 Å². The van der Waals surface area contributed by atoms with Crippen LogP contribution >= 0.6 is 0 Å². The SMILES string of the molecule is C=CC(C[C@H]1O[C@H]2[C@@H](O[Si](c3ccccc3)(c3ccccc3)C(C)(C)C)[C@H]3O[C@@H](CCC(=O)O)CC[C@@H]3O[C@H]2[C@H]1O[Si](c1ccccc1)(c1ccccc1)C(C)(C)C)OC. The fraction of sp³-hybridized carbons (Fsp3) is 0.460. The first-order valence-electron chi connectivity index (χ1n) is 21.6. The van der Waals surface area contributed by atoms with Crippen molar-refractivity contribution in [2.75, 3.05) is 7.11 Å². The molecule has 0 saturated carbocycles. The minimum atomic E-state index is -3.19. The Morgan fingerprint density at radius 3 is 1.52 bits per heavy atom. The van der Waals surface area contributed by atoms with Gasteiger partial charge in [0.1, 0.15) is 30.5 Å². The van der Waals surface area contributed by atoms with Crippen molar-refractivity contribution in [2.24, 2.45) is 0 Å². The minimum Gasteiger partial charge on any atom is -0.481 e. The Morgan fingerprint density at radius 2 is 1.12 bits per heavy atom. The van der Waals surface area contributed by atoms with E-state index in [1.807, 2.05) is 6.08 Å². The topological polar surface area (TPSA) is 92.7 Å². The van der Waals surface area contributed by atoms with Gasteiger partial charge in [0.15, 0.2) is 0 Å². The summed E-state index contributed by atoms with van der Waals surface area (Å²) in [5, 5.41) is 13.7. The van der Waals surface area contributed by atoms with Gasteiger partial charge in [-0.25, -0.2) is 0 Å². The van der Waals surface area contributed by atoms with Crippen LogP contribution in [-0.2, 0) is 32.6 Å².